The molecule has 0 saturated heterocycles. The lowest BCUT2D eigenvalue weighted by atomic mass is 10.1. The van der Waals surface area contributed by atoms with Gasteiger partial charge in [0.1, 0.15) is 17.2 Å². The van der Waals surface area contributed by atoms with Crippen LogP contribution in [0.4, 0.5) is 5.69 Å². The Morgan fingerprint density at radius 2 is 1.50 bits per heavy atom. The number of carbonyl (C=O) groups excluding carboxylic acids is 4. The Hall–Kier alpha value is -4.66. The van der Waals surface area contributed by atoms with E-state index in [1.54, 1.807) is 36.4 Å². The minimum atomic E-state index is -0.812. The summed E-state index contributed by atoms with van der Waals surface area (Å²) in [5.74, 6) is -0.993. The zero-order chi connectivity index (χ0) is 25.8. The molecule has 3 aromatic rings. The fraction of sp³-hybridized carbons (Fsp3) is 0.185. The second kappa shape index (κ2) is 10.3. The van der Waals surface area contributed by atoms with Gasteiger partial charge in [-0.2, -0.15) is 0 Å². The van der Waals surface area contributed by atoms with Gasteiger partial charge in [-0.3, -0.25) is 14.4 Å². The number of imide groups is 1. The largest absolute Gasteiger partial charge is 0.497 e. The standard InChI is InChI=1S/C27H23NO8/c1-4-35-18-8-6-17(7-9-18)28-25(30)20-11-5-16(13-21(20)26(28)31)27(32)36-15-23(29)22-14-19(33-2)10-12-24(22)34-3/h5-14H,4,15H2,1-3H3. The van der Waals surface area contributed by atoms with Gasteiger partial charge in [-0.25, -0.2) is 9.69 Å². The Labute approximate surface area is 207 Å². The summed E-state index contributed by atoms with van der Waals surface area (Å²) in [6, 6.07) is 15.3. The average Bonchev–Trinajstić information content (AvgIpc) is 3.16. The van der Waals surface area contributed by atoms with Crippen molar-refractivity contribution in [2.45, 2.75) is 6.92 Å². The number of ether oxygens (including phenoxy) is 4. The van der Waals surface area contributed by atoms with Gasteiger partial charge in [-0.05, 0) is 67.6 Å². The molecule has 2 amide bonds. The maximum absolute atomic E-state index is 13.0. The minimum Gasteiger partial charge on any atom is -0.497 e. The Morgan fingerprint density at radius 3 is 2.17 bits per heavy atom. The lowest BCUT2D eigenvalue weighted by Crippen LogP contribution is -2.29. The van der Waals surface area contributed by atoms with Crippen LogP contribution in [0.3, 0.4) is 0 Å². The van der Waals surface area contributed by atoms with Crippen molar-refractivity contribution in [2.75, 3.05) is 32.3 Å². The first-order valence-corrected chi connectivity index (χ1v) is 11.1. The van der Waals surface area contributed by atoms with Crippen LogP contribution in [-0.2, 0) is 4.74 Å². The summed E-state index contributed by atoms with van der Waals surface area (Å²) in [4.78, 5) is 52.2. The molecule has 0 atom stereocenters. The van der Waals surface area contributed by atoms with E-state index < -0.39 is 30.2 Å². The van der Waals surface area contributed by atoms with E-state index in [1.807, 2.05) is 6.92 Å². The van der Waals surface area contributed by atoms with Gasteiger partial charge < -0.3 is 18.9 Å². The molecule has 1 aliphatic heterocycles. The van der Waals surface area contributed by atoms with Crippen molar-refractivity contribution in [1.29, 1.82) is 0 Å². The van der Waals surface area contributed by atoms with Gasteiger partial charge >= 0.3 is 5.97 Å². The highest BCUT2D eigenvalue weighted by atomic mass is 16.5. The van der Waals surface area contributed by atoms with Gasteiger partial charge in [0.05, 0.1) is 48.8 Å². The second-order valence-electron chi connectivity index (χ2n) is 7.70. The number of benzene rings is 3. The molecule has 9 nitrogen and oxygen atoms in total. The third kappa shape index (κ3) is 4.63. The number of fused-ring (bicyclic) bond motifs is 1. The van der Waals surface area contributed by atoms with Gasteiger partial charge in [0.15, 0.2) is 6.61 Å². The summed E-state index contributed by atoms with van der Waals surface area (Å²) in [5, 5.41) is 0. The molecular formula is C27H23NO8. The van der Waals surface area contributed by atoms with E-state index in [9.17, 15) is 19.2 Å². The van der Waals surface area contributed by atoms with E-state index in [-0.39, 0.29) is 22.3 Å². The minimum absolute atomic E-state index is 0.0360. The van der Waals surface area contributed by atoms with Crippen LogP contribution in [-0.4, -0.2) is 51.0 Å². The highest BCUT2D eigenvalue weighted by Gasteiger charge is 2.37. The van der Waals surface area contributed by atoms with Crippen LogP contribution in [0, 0.1) is 0 Å². The summed E-state index contributed by atoms with van der Waals surface area (Å²) in [6.07, 6.45) is 0. The van der Waals surface area contributed by atoms with Crippen molar-refractivity contribution >= 4 is 29.3 Å². The molecule has 0 fully saturated rings. The number of amides is 2. The van der Waals surface area contributed by atoms with E-state index in [4.69, 9.17) is 18.9 Å². The molecule has 1 aliphatic rings. The number of methoxy groups -OCH3 is 2. The lowest BCUT2D eigenvalue weighted by molar-refractivity contribution is 0.0473. The van der Waals surface area contributed by atoms with Crippen molar-refractivity contribution in [2.24, 2.45) is 0 Å². The molecule has 0 aromatic heterocycles. The molecule has 0 saturated carbocycles. The molecular weight excluding hydrogens is 466 g/mol. The predicted molar refractivity (Wildman–Crippen MR) is 129 cm³/mol. The molecule has 9 heteroatoms. The van der Waals surface area contributed by atoms with Crippen LogP contribution in [0.15, 0.2) is 60.7 Å². The number of ketones is 1. The van der Waals surface area contributed by atoms with Gasteiger partial charge in [0.2, 0.25) is 5.78 Å². The number of anilines is 1. The van der Waals surface area contributed by atoms with E-state index in [0.717, 1.165) is 4.90 Å². The Bertz CT molecular complexity index is 1350. The van der Waals surface area contributed by atoms with Crippen LogP contribution < -0.4 is 19.1 Å². The lowest BCUT2D eigenvalue weighted by Gasteiger charge is -2.14. The van der Waals surface area contributed by atoms with Crippen molar-refractivity contribution in [3.05, 3.63) is 82.9 Å². The summed E-state index contributed by atoms with van der Waals surface area (Å²) < 4.78 is 20.9. The van der Waals surface area contributed by atoms with Gasteiger partial charge in [0, 0.05) is 0 Å². The summed E-state index contributed by atoms with van der Waals surface area (Å²) in [6.45, 7) is 1.79. The van der Waals surface area contributed by atoms with Crippen molar-refractivity contribution < 1.29 is 38.1 Å². The average molecular weight is 489 g/mol. The number of nitrogens with zero attached hydrogens (tertiary/aromatic N) is 1. The highest BCUT2D eigenvalue weighted by molar-refractivity contribution is 6.34. The van der Waals surface area contributed by atoms with Crippen molar-refractivity contribution in [3.8, 4) is 17.2 Å². The number of carbonyl (C=O) groups is 4. The Balaban J connectivity index is 1.49. The molecule has 184 valence electrons. The maximum atomic E-state index is 13.0. The quantitative estimate of drug-likeness (QED) is 0.253. The monoisotopic (exact) mass is 489 g/mol. The summed E-state index contributed by atoms with van der Waals surface area (Å²) >= 11 is 0. The molecule has 0 aliphatic carbocycles. The number of hydrogen-bond donors (Lipinski definition) is 0. The van der Waals surface area contributed by atoms with Gasteiger partial charge in [-0.1, -0.05) is 0 Å². The SMILES string of the molecule is CCOc1ccc(N2C(=O)c3ccc(C(=O)OCC(=O)c4cc(OC)ccc4OC)cc3C2=O)cc1. The van der Waals surface area contributed by atoms with Crippen LogP contribution in [0.1, 0.15) is 48.4 Å². The molecule has 4 rings (SSSR count). The molecule has 0 bridgehead atoms. The molecule has 36 heavy (non-hydrogen) atoms. The van der Waals surface area contributed by atoms with Crippen LogP contribution in [0.25, 0.3) is 0 Å². The molecule has 1 heterocycles. The number of rotatable bonds is 9. The summed E-state index contributed by atoms with van der Waals surface area (Å²) in [7, 11) is 2.89. The van der Waals surface area contributed by atoms with Gasteiger partial charge in [-0.15, -0.1) is 0 Å². The van der Waals surface area contributed by atoms with Crippen LogP contribution >= 0.6 is 0 Å². The normalized spacial score (nSPS) is 12.2. The topological polar surface area (TPSA) is 108 Å². The van der Waals surface area contributed by atoms with E-state index >= 15 is 0 Å². The van der Waals surface area contributed by atoms with E-state index in [0.29, 0.717) is 29.5 Å². The number of Topliss-reactive ketones (excluding diaryl/α,β-unsaturated/α-hetero) is 1. The number of hydrogen-bond acceptors (Lipinski definition) is 8. The van der Waals surface area contributed by atoms with Crippen molar-refractivity contribution in [3.63, 3.8) is 0 Å². The number of esters is 1. The fourth-order valence-corrected chi connectivity index (χ4v) is 3.78. The maximum Gasteiger partial charge on any atom is 0.338 e. The first-order valence-electron chi connectivity index (χ1n) is 11.1. The second-order valence-corrected chi connectivity index (χ2v) is 7.70. The molecule has 0 unspecified atom stereocenters. The zero-order valence-electron chi connectivity index (χ0n) is 19.9. The fourth-order valence-electron chi connectivity index (χ4n) is 3.78. The third-order valence-electron chi connectivity index (χ3n) is 5.57. The Kier molecular flexibility index (Phi) is 7.00. The molecule has 0 spiro atoms. The molecule has 0 radical (unpaired) electrons. The zero-order valence-corrected chi connectivity index (χ0v) is 19.9. The molecule has 3 aromatic carbocycles. The highest BCUT2D eigenvalue weighted by Crippen LogP contribution is 2.30. The van der Waals surface area contributed by atoms with Crippen LogP contribution in [0.5, 0.6) is 17.2 Å². The first kappa shape index (κ1) is 24.5. The van der Waals surface area contributed by atoms with Crippen LogP contribution in [0.2, 0.25) is 0 Å². The van der Waals surface area contributed by atoms with E-state index in [1.165, 1.54) is 38.5 Å². The Morgan fingerprint density at radius 1 is 0.806 bits per heavy atom. The third-order valence-corrected chi connectivity index (χ3v) is 5.57. The van der Waals surface area contributed by atoms with E-state index in [2.05, 4.69) is 0 Å². The van der Waals surface area contributed by atoms with Crippen molar-refractivity contribution in [1.82, 2.24) is 0 Å². The molecule has 0 N–H and O–H groups in total. The smallest absolute Gasteiger partial charge is 0.338 e. The van der Waals surface area contributed by atoms with Gasteiger partial charge in [0.25, 0.3) is 11.8 Å². The summed E-state index contributed by atoms with van der Waals surface area (Å²) in [5.41, 5.74) is 0.859. The predicted octanol–water partition coefficient (Wildman–Crippen LogP) is 3.94. The first-order chi connectivity index (χ1) is 17.4.